The normalized spacial score (nSPS) is 11.5. The fourth-order valence-electron chi connectivity index (χ4n) is 1.92. The molecule has 0 amide bonds. The average Bonchev–Trinajstić information content (AvgIpc) is 2.48. The van der Waals surface area contributed by atoms with Gasteiger partial charge in [-0.25, -0.2) is 4.79 Å². The number of anilines is 1. The molecule has 2 rings (SSSR count). The third-order valence-electron chi connectivity index (χ3n) is 3.01. The molecule has 0 spiro atoms. The molecule has 1 unspecified atom stereocenters. The molecular weight excluding hydrogens is 284 g/mol. The van der Waals surface area contributed by atoms with E-state index in [0.717, 1.165) is 5.56 Å². The van der Waals surface area contributed by atoms with E-state index in [4.69, 9.17) is 17.3 Å². The fraction of sp³-hybridized carbons (Fsp3) is 0.125. The Labute approximate surface area is 128 Å². The molecule has 2 aromatic rings. The van der Waals surface area contributed by atoms with Crippen LogP contribution in [0, 0.1) is 0 Å². The van der Waals surface area contributed by atoms with Gasteiger partial charge in [-0.3, -0.25) is 0 Å². The summed E-state index contributed by atoms with van der Waals surface area (Å²) in [6, 6.07) is 16.5. The lowest BCUT2D eigenvalue weighted by Crippen LogP contribution is -2.30. The van der Waals surface area contributed by atoms with Crippen LogP contribution in [-0.2, 0) is 0 Å². The van der Waals surface area contributed by atoms with Crippen molar-refractivity contribution in [3.63, 3.8) is 0 Å². The van der Waals surface area contributed by atoms with Gasteiger partial charge in [-0.2, -0.15) is 0 Å². The van der Waals surface area contributed by atoms with Crippen molar-refractivity contribution in [1.82, 2.24) is 5.32 Å². The molecule has 0 saturated carbocycles. The van der Waals surface area contributed by atoms with Crippen LogP contribution in [0.25, 0.3) is 0 Å². The van der Waals surface area contributed by atoms with Gasteiger partial charge in [-0.15, -0.1) is 0 Å². The smallest absolute Gasteiger partial charge is 0.335 e. The summed E-state index contributed by atoms with van der Waals surface area (Å²) in [5.41, 5.74) is 1.99. The number of benzene rings is 2. The first-order chi connectivity index (χ1) is 10.1. The summed E-state index contributed by atoms with van der Waals surface area (Å²) in [5, 5.41) is 15.6. The molecule has 1 atom stereocenters. The highest BCUT2D eigenvalue weighted by molar-refractivity contribution is 7.80. The van der Waals surface area contributed by atoms with Crippen LogP contribution in [0.1, 0.15) is 28.9 Å². The van der Waals surface area contributed by atoms with Gasteiger partial charge in [-0.05, 0) is 42.9 Å². The Morgan fingerprint density at radius 2 is 1.86 bits per heavy atom. The second kappa shape index (κ2) is 6.85. The van der Waals surface area contributed by atoms with Crippen molar-refractivity contribution in [2.75, 3.05) is 5.32 Å². The predicted octanol–water partition coefficient (Wildman–Crippen LogP) is 3.43. The molecule has 2 aromatic carbocycles. The molecule has 0 aliphatic heterocycles. The number of carboxylic acids is 1. The number of aromatic carboxylic acids is 1. The van der Waals surface area contributed by atoms with E-state index < -0.39 is 5.97 Å². The maximum absolute atomic E-state index is 10.9. The Bertz CT molecular complexity index is 644. The molecule has 0 bridgehead atoms. The number of nitrogens with one attached hydrogen (secondary N) is 2. The van der Waals surface area contributed by atoms with Gasteiger partial charge in [-0.1, -0.05) is 36.4 Å². The van der Waals surface area contributed by atoms with Crippen LogP contribution in [-0.4, -0.2) is 16.2 Å². The maximum Gasteiger partial charge on any atom is 0.335 e. The first-order valence-corrected chi connectivity index (χ1v) is 6.93. The highest BCUT2D eigenvalue weighted by Crippen LogP contribution is 2.13. The van der Waals surface area contributed by atoms with Crippen LogP contribution in [0.3, 0.4) is 0 Å². The Hall–Kier alpha value is -2.40. The molecule has 5 heteroatoms. The number of carbonyl (C=O) groups is 1. The second-order valence-corrected chi connectivity index (χ2v) is 5.03. The molecule has 0 heterocycles. The van der Waals surface area contributed by atoms with E-state index >= 15 is 0 Å². The van der Waals surface area contributed by atoms with Gasteiger partial charge < -0.3 is 15.7 Å². The van der Waals surface area contributed by atoms with Gasteiger partial charge in [0.2, 0.25) is 0 Å². The van der Waals surface area contributed by atoms with E-state index in [0.29, 0.717) is 10.8 Å². The molecule has 0 aliphatic rings. The number of hydrogen-bond donors (Lipinski definition) is 3. The largest absolute Gasteiger partial charge is 0.478 e. The molecule has 0 aromatic heterocycles. The lowest BCUT2D eigenvalue weighted by molar-refractivity contribution is 0.0697. The number of thiocarbonyl (C=S) groups is 1. The summed E-state index contributed by atoms with van der Waals surface area (Å²) in [7, 11) is 0. The Morgan fingerprint density at radius 3 is 2.52 bits per heavy atom. The average molecular weight is 300 g/mol. The monoisotopic (exact) mass is 300 g/mol. The zero-order valence-electron chi connectivity index (χ0n) is 11.5. The van der Waals surface area contributed by atoms with Crippen LogP contribution < -0.4 is 10.6 Å². The van der Waals surface area contributed by atoms with Crippen molar-refractivity contribution in [2.45, 2.75) is 13.0 Å². The predicted molar refractivity (Wildman–Crippen MR) is 87.6 cm³/mol. The van der Waals surface area contributed by atoms with Crippen molar-refractivity contribution >= 4 is 29.0 Å². The molecule has 0 aliphatic carbocycles. The van der Waals surface area contributed by atoms with Crippen molar-refractivity contribution in [3.8, 4) is 0 Å². The molecule has 0 fully saturated rings. The molecule has 3 N–H and O–H groups in total. The number of hydrogen-bond acceptors (Lipinski definition) is 2. The van der Waals surface area contributed by atoms with E-state index in [9.17, 15) is 4.79 Å². The first-order valence-electron chi connectivity index (χ1n) is 6.52. The zero-order valence-corrected chi connectivity index (χ0v) is 12.4. The summed E-state index contributed by atoms with van der Waals surface area (Å²) in [6.45, 7) is 2.01. The lowest BCUT2D eigenvalue weighted by atomic mass is 10.1. The third kappa shape index (κ3) is 4.29. The van der Waals surface area contributed by atoms with E-state index in [-0.39, 0.29) is 11.6 Å². The summed E-state index contributed by atoms with van der Waals surface area (Å²) in [4.78, 5) is 10.9. The van der Waals surface area contributed by atoms with Gasteiger partial charge >= 0.3 is 5.97 Å². The quantitative estimate of drug-likeness (QED) is 0.755. The lowest BCUT2D eigenvalue weighted by Gasteiger charge is -2.17. The fourth-order valence-corrected chi connectivity index (χ4v) is 2.21. The minimum atomic E-state index is -0.963. The highest BCUT2D eigenvalue weighted by Gasteiger charge is 2.08. The van der Waals surface area contributed by atoms with Crippen molar-refractivity contribution in [1.29, 1.82) is 0 Å². The Morgan fingerprint density at radius 1 is 1.14 bits per heavy atom. The van der Waals surface area contributed by atoms with E-state index in [1.165, 1.54) is 6.07 Å². The van der Waals surface area contributed by atoms with Gasteiger partial charge in [0.15, 0.2) is 5.11 Å². The maximum atomic E-state index is 10.9. The molecule has 4 nitrogen and oxygen atoms in total. The summed E-state index contributed by atoms with van der Waals surface area (Å²) in [5.74, 6) is -0.963. The molecule has 0 saturated heterocycles. The van der Waals surface area contributed by atoms with Gasteiger partial charge in [0.1, 0.15) is 0 Å². The van der Waals surface area contributed by atoms with Crippen molar-refractivity contribution in [3.05, 3.63) is 65.7 Å². The standard InChI is InChI=1S/C16H16N2O2S/c1-11(12-6-3-2-4-7-12)17-16(21)18-14-9-5-8-13(10-14)15(19)20/h2-11H,1H3,(H,19,20)(H2,17,18,21). The molecule has 0 radical (unpaired) electrons. The second-order valence-electron chi connectivity index (χ2n) is 4.62. The van der Waals surface area contributed by atoms with E-state index in [2.05, 4.69) is 10.6 Å². The zero-order chi connectivity index (χ0) is 15.2. The van der Waals surface area contributed by atoms with Crippen molar-refractivity contribution < 1.29 is 9.90 Å². The minimum Gasteiger partial charge on any atom is -0.478 e. The van der Waals surface area contributed by atoms with E-state index in [1.54, 1.807) is 18.2 Å². The summed E-state index contributed by atoms with van der Waals surface area (Å²) >= 11 is 5.25. The summed E-state index contributed by atoms with van der Waals surface area (Å²) in [6.07, 6.45) is 0. The summed E-state index contributed by atoms with van der Waals surface area (Å²) < 4.78 is 0. The van der Waals surface area contributed by atoms with Crippen LogP contribution in [0.2, 0.25) is 0 Å². The number of rotatable bonds is 4. The van der Waals surface area contributed by atoms with Crippen LogP contribution >= 0.6 is 12.2 Å². The first kappa shape index (κ1) is 15.0. The Kier molecular flexibility index (Phi) is 4.90. The minimum absolute atomic E-state index is 0.0638. The van der Waals surface area contributed by atoms with E-state index in [1.807, 2.05) is 37.3 Å². The van der Waals surface area contributed by atoms with Gasteiger partial charge in [0.05, 0.1) is 11.6 Å². The van der Waals surface area contributed by atoms with Gasteiger partial charge in [0, 0.05) is 5.69 Å². The molecular formula is C16H16N2O2S. The SMILES string of the molecule is CC(NC(=S)Nc1cccc(C(=O)O)c1)c1ccccc1. The molecule has 21 heavy (non-hydrogen) atoms. The number of carboxylic acid groups (broad SMARTS) is 1. The van der Waals surface area contributed by atoms with Crippen molar-refractivity contribution in [2.24, 2.45) is 0 Å². The Balaban J connectivity index is 1.99. The topological polar surface area (TPSA) is 61.4 Å². The van der Waals surface area contributed by atoms with Crippen LogP contribution in [0.15, 0.2) is 54.6 Å². The van der Waals surface area contributed by atoms with Crippen LogP contribution in [0.5, 0.6) is 0 Å². The third-order valence-corrected chi connectivity index (χ3v) is 3.23. The molecule has 108 valence electrons. The highest BCUT2D eigenvalue weighted by atomic mass is 32.1. The van der Waals surface area contributed by atoms with Gasteiger partial charge in [0.25, 0.3) is 0 Å². The van der Waals surface area contributed by atoms with Crippen LogP contribution in [0.4, 0.5) is 5.69 Å².